The van der Waals surface area contributed by atoms with Crippen molar-refractivity contribution in [1.29, 1.82) is 0 Å². The van der Waals surface area contributed by atoms with Crippen LogP contribution in [0.2, 0.25) is 0 Å². The van der Waals surface area contributed by atoms with Crippen LogP contribution in [0, 0.1) is 0 Å². The molecule has 1 N–H and O–H groups in total. The number of hydrogen-bond acceptors (Lipinski definition) is 1. The summed E-state index contributed by atoms with van der Waals surface area (Å²) in [6.45, 7) is 0.997. The van der Waals surface area contributed by atoms with Crippen LogP contribution in [-0.2, 0) is 6.54 Å². The molecule has 0 bridgehead atoms. The van der Waals surface area contributed by atoms with Gasteiger partial charge >= 0.3 is 0 Å². The molecule has 0 saturated heterocycles. The largest absolute Gasteiger partial charge is 0.310 e. The monoisotopic (exact) mass is 331 g/mol. The third kappa shape index (κ3) is 3.62. The van der Waals surface area contributed by atoms with Gasteiger partial charge in [0.1, 0.15) is 0 Å². The molecule has 0 aliphatic heterocycles. The van der Waals surface area contributed by atoms with Crippen LogP contribution in [0.1, 0.15) is 44.1 Å². The Balaban J connectivity index is 1.66. The summed E-state index contributed by atoms with van der Waals surface area (Å²) < 4.78 is 1.15. The number of nitrogens with one attached hydrogen (secondary N) is 1. The smallest absolute Gasteiger partial charge is 0.0208 e. The van der Waals surface area contributed by atoms with Gasteiger partial charge in [-0.1, -0.05) is 59.8 Å². The molecule has 106 valence electrons. The first-order valence-electron chi connectivity index (χ1n) is 7.73. The average molecular weight is 332 g/mol. The quantitative estimate of drug-likeness (QED) is 0.741. The fourth-order valence-corrected chi connectivity index (χ4v) is 3.50. The number of rotatable bonds is 3. The number of benzene rings is 2. The molecule has 1 fully saturated rings. The van der Waals surface area contributed by atoms with Crippen LogP contribution in [-0.4, -0.2) is 6.04 Å². The van der Waals surface area contributed by atoms with Crippen molar-refractivity contribution in [3.8, 4) is 0 Å². The van der Waals surface area contributed by atoms with Gasteiger partial charge in [-0.2, -0.15) is 0 Å². The Bertz CT molecular complexity index is 571. The van der Waals surface area contributed by atoms with Crippen molar-refractivity contribution in [1.82, 2.24) is 5.32 Å². The molecule has 0 unspecified atom stereocenters. The molecule has 2 aromatic rings. The summed E-state index contributed by atoms with van der Waals surface area (Å²) in [5.74, 6) is 0. The molecule has 0 radical (unpaired) electrons. The number of hydrogen-bond donors (Lipinski definition) is 1. The van der Waals surface area contributed by atoms with Crippen LogP contribution in [0.5, 0.6) is 0 Å². The Kier molecular flexibility index (Phi) is 4.74. The van der Waals surface area contributed by atoms with Gasteiger partial charge in [0.05, 0.1) is 0 Å². The van der Waals surface area contributed by atoms with E-state index in [1.807, 2.05) is 0 Å². The first kappa shape index (κ1) is 14.1. The van der Waals surface area contributed by atoms with E-state index in [4.69, 9.17) is 0 Å². The molecule has 2 aromatic carbocycles. The lowest BCUT2D eigenvalue weighted by atomic mass is 10.1. The minimum atomic E-state index is 0.720. The molecule has 2 heteroatoms. The second kappa shape index (κ2) is 6.73. The Morgan fingerprint density at radius 1 is 0.900 bits per heavy atom. The van der Waals surface area contributed by atoms with Crippen molar-refractivity contribution in [3.63, 3.8) is 0 Å². The molecule has 0 heterocycles. The Morgan fingerprint density at radius 2 is 1.60 bits per heavy atom. The standard InChI is InChI=1S/C18H22BrN/c19-17-10-9-15-11-14(7-8-16(15)12-17)13-20-18-5-3-1-2-4-6-18/h7-12,18,20H,1-6,13H2. The average Bonchev–Trinajstić information content (AvgIpc) is 2.73. The predicted octanol–water partition coefficient (Wildman–Crippen LogP) is 5.41. The van der Waals surface area contributed by atoms with Gasteiger partial charge in [0.15, 0.2) is 0 Å². The molecule has 1 saturated carbocycles. The van der Waals surface area contributed by atoms with Crippen molar-refractivity contribution in [2.75, 3.05) is 0 Å². The summed E-state index contributed by atoms with van der Waals surface area (Å²) in [5, 5.41) is 6.38. The van der Waals surface area contributed by atoms with E-state index < -0.39 is 0 Å². The van der Waals surface area contributed by atoms with Crippen LogP contribution in [0.4, 0.5) is 0 Å². The highest BCUT2D eigenvalue weighted by molar-refractivity contribution is 9.10. The molecule has 0 amide bonds. The van der Waals surface area contributed by atoms with Gasteiger partial charge in [-0.05, 0) is 47.4 Å². The molecule has 0 spiro atoms. The van der Waals surface area contributed by atoms with Crippen molar-refractivity contribution in [2.45, 2.75) is 51.1 Å². The van der Waals surface area contributed by atoms with E-state index in [0.29, 0.717) is 0 Å². The fraction of sp³-hybridized carbons (Fsp3) is 0.444. The van der Waals surface area contributed by atoms with Gasteiger partial charge in [0.2, 0.25) is 0 Å². The topological polar surface area (TPSA) is 12.0 Å². The molecule has 0 atom stereocenters. The van der Waals surface area contributed by atoms with Crippen molar-refractivity contribution in [2.24, 2.45) is 0 Å². The minimum absolute atomic E-state index is 0.720. The Morgan fingerprint density at radius 3 is 2.40 bits per heavy atom. The summed E-state index contributed by atoms with van der Waals surface area (Å²) in [6, 6.07) is 14.0. The maximum Gasteiger partial charge on any atom is 0.0208 e. The van der Waals surface area contributed by atoms with Gasteiger partial charge in [-0.15, -0.1) is 0 Å². The minimum Gasteiger partial charge on any atom is -0.310 e. The van der Waals surface area contributed by atoms with E-state index in [9.17, 15) is 0 Å². The molecule has 1 aliphatic carbocycles. The molecular formula is C18H22BrN. The van der Waals surface area contributed by atoms with E-state index >= 15 is 0 Å². The van der Waals surface area contributed by atoms with Crippen LogP contribution >= 0.6 is 15.9 Å². The number of fused-ring (bicyclic) bond motifs is 1. The second-order valence-corrected chi connectivity index (χ2v) is 6.81. The van der Waals surface area contributed by atoms with Gasteiger partial charge in [0.25, 0.3) is 0 Å². The third-order valence-electron chi connectivity index (χ3n) is 4.32. The van der Waals surface area contributed by atoms with Crippen molar-refractivity contribution >= 4 is 26.7 Å². The highest BCUT2D eigenvalue weighted by Crippen LogP contribution is 2.22. The van der Waals surface area contributed by atoms with E-state index in [2.05, 4.69) is 57.6 Å². The zero-order valence-electron chi connectivity index (χ0n) is 11.9. The first-order chi connectivity index (χ1) is 9.81. The lowest BCUT2D eigenvalue weighted by Crippen LogP contribution is -2.27. The van der Waals surface area contributed by atoms with Gasteiger partial charge in [-0.3, -0.25) is 0 Å². The maximum atomic E-state index is 3.74. The van der Waals surface area contributed by atoms with Crippen molar-refractivity contribution in [3.05, 3.63) is 46.4 Å². The summed E-state index contributed by atoms with van der Waals surface area (Å²) >= 11 is 3.53. The fourth-order valence-electron chi connectivity index (χ4n) is 3.12. The lowest BCUT2D eigenvalue weighted by molar-refractivity contribution is 0.459. The first-order valence-corrected chi connectivity index (χ1v) is 8.52. The number of halogens is 1. The van der Waals surface area contributed by atoms with E-state index in [0.717, 1.165) is 17.1 Å². The zero-order chi connectivity index (χ0) is 13.8. The Hall–Kier alpha value is -0.860. The molecular weight excluding hydrogens is 310 g/mol. The summed E-state index contributed by atoms with van der Waals surface area (Å²) in [5.41, 5.74) is 1.39. The molecule has 3 rings (SSSR count). The highest BCUT2D eigenvalue weighted by atomic mass is 79.9. The molecule has 20 heavy (non-hydrogen) atoms. The SMILES string of the molecule is Brc1ccc2cc(CNC3CCCCCC3)ccc2c1. The van der Waals surface area contributed by atoms with Gasteiger partial charge < -0.3 is 5.32 Å². The van der Waals surface area contributed by atoms with Crippen molar-refractivity contribution < 1.29 is 0 Å². The van der Waals surface area contributed by atoms with E-state index in [1.54, 1.807) is 0 Å². The van der Waals surface area contributed by atoms with E-state index in [-0.39, 0.29) is 0 Å². The normalized spacial score (nSPS) is 17.2. The maximum absolute atomic E-state index is 3.74. The van der Waals surface area contributed by atoms with Crippen LogP contribution in [0.25, 0.3) is 10.8 Å². The summed E-state index contributed by atoms with van der Waals surface area (Å²) in [7, 11) is 0. The summed E-state index contributed by atoms with van der Waals surface area (Å²) in [6.07, 6.45) is 8.32. The zero-order valence-corrected chi connectivity index (χ0v) is 13.5. The molecule has 1 aliphatic rings. The summed E-state index contributed by atoms with van der Waals surface area (Å²) in [4.78, 5) is 0. The Labute approximate surface area is 129 Å². The third-order valence-corrected chi connectivity index (χ3v) is 4.81. The van der Waals surface area contributed by atoms with Gasteiger partial charge in [0, 0.05) is 17.1 Å². The second-order valence-electron chi connectivity index (χ2n) is 5.90. The van der Waals surface area contributed by atoms with Gasteiger partial charge in [-0.25, -0.2) is 0 Å². The van der Waals surface area contributed by atoms with Crippen LogP contribution in [0.15, 0.2) is 40.9 Å². The highest BCUT2D eigenvalue weighted by Gasteiger charge is 2.11. The van der Waals surface area contributed by atoms with E-state index in [1.165, 1.54) is 54.9 Å². The van der Waals surface area contributed by atoms with Crippen LogP contribution < -0.4 is 5.32 Å². The lowest BCUT2D eigenvalue weighted by Gasteiger charge is -2.16. The van der Waals surface area contributed by atoms with Crippen LogP contribution in [0.3, 0.4) is 0 Å². The predicted molar refractivity (Wildman–Crippen MR) is 90.0 cm³/mol. The molecule has 1 nitrogen and oxygen atoms in total. The molecule has 0 aromatic heterocycles.